The molecule has 1 unspecified atom stereocenters. The minimum atomic E-state index is -3.53. The molecule has 1 aliphatic heterocycles. The number of hydrogen-bond donors (Lipinski definition) is 3. The van der Waals surface area contributed by atoms with E-state index in [-0.39, 0.29) is 36.6 Å². The number of anilines is 1. The molecule has 2 aliphatic carbocycles. The highest BCUT2D eigenvalue weighted by molar-refractivity contribution is 7.90. The summed E-state index contributed by atoms with van der Waals surface area (Å²) in [7, 11) is -1.90. The maximum absolute atomic E-state index is 14.4. The van der Waals surface area contributed by atoms with Crippen molar-refractivity contribution in [3.05, 3.63) is 77.3 Å². The second-order valence-electron chi connectivity index (χ2n) is 16.3. The van der Waals surface area contributed by atoms with E-state index in [1.165, 1.54) is 11.3 Å². The van der Waals surface area contributed by atoms with Crippen LogP contribution in [0.3, 0.4) is 0 Å². The number of thiazole rings is 1. The number of unbranched alkanes of at least 4 members (excludes halogenated alkanes) is 3. The zero-order valence-corrected chi connectivity index (χ0v) is 35.7. The number of allylic oxidation sites excluding steroid dienone is 2. The lowest BCUT2D eigenvalue weighted by Gasteiger charge is -2.28. The smallest absolute Gasteiger partial charge is 0.245 e. The first-order valence-electron chi connectivity index (χ1n) is 20.6. The van der Waals surface area contributed by atoms with Crippen LogP contribution in [0.15, 0.2) is 66.1 Å². The molecule has 3 heterocycles. The molecule has 1 saturated heterocycles. The molecule has 59 heavy (non-hydrogen) atoms. The normalized spacial score (nSPS) is 20.9. The van der Waals surface area contributed by atoms with Gasteiger partial charge in [-0.05, 0) is 81.5 Å². The van der Waals surface area contributed by atoms with Crippen molar-refractivity contribution in [3.8, 4) is 22.2 Å². The number of carbonyl (C=O) groups is 3. The van der Waals surface area contributed by atoms with Crippen LogP contribution in [0.5, 0.6) is 11.5 Å². The molecule has 13 nitrogen and oxygen atoms in total. The number of nitrogens with zero attached hydrogens (tertiary/aromatic N) is 3. The van der Waals surface area contributed by atoms with E-state index in [0.29, 0.717) is 42.9 Å². The number of benzene rings is 2. The van der Waals surface area contributed by atoms with Crippen LogP contribution in [-0.2, 0) is 24.4 Å². The third-order valence-electron chi connectivity index (χ3n) is 11.4. The Labute approximate surface area is 350 Å². The molecule has 3 fully saturated rings. The molecule has 0 radical (unpaired) electrons. The number of pyridine rings is 1. The molecule has 7 rings (SSSR count). The molecule has 15 heteroatoms. The van der Waals surface area contributed by atoms with Gasteiger partial charge in [0.15, 0.2) is 0 Å². The summed E-state index contributed by atoms with van der Waals surface area (Å²) in [6.07, 6.45) is 9.57. The molecule has 314 valence electrons. The Balaban J connectivity index is 1.01. The second kappa shape index (κ2) is 18.1. The number of sulfonamides is 1. The first-order valence-corrected chi connectivity index (χ1v) is 23.0. The zero-order chi connectivity index (χ0) is 41.8. The number of ether oxygens (including phenoxy) is 2. The van der Waals surface area contributed by atoms with E-state index in [0.717, 1.165) is 58.5 Å². The van der Waals surface area contributed by atoms with Crippen molar-refractivity contribution < 1.29 is 32.3 Å². The van der Waals surface area contributed by atoms with Gasteiger partial charge in [0.05, 0.1) is 30.1 Å². The standard InChI is InChI=1S/C44H54N6O7S2/c1-26(2)36-25-58-43(48-36)35-23-39(32-19-20-38(56-4)27(3)40(32)47-35)57-30-22-37(41(45)51)50(24-30)44(53)34(46-29-14-10-8-11-15-29)16-12-7-5-6-9-13-28-21-33(28)42(52)49-59(54,55)31-17-18-31/h8-11,13-15,19-20,23,25-26,28,30-31,33-34,37,46H,5-7,12,16-18,21-22,24H2,1-4H3,(H2,45,51)(H,49,52)/b13-9-/t28-,30?,33+,34+,37+/m1/s1. The SMILES string of the molecule is COc1ccc2c(OC3C[C@@H](C(N)=O)N(C(=O)[C@H](CCCCC/C=C\[C@@H]4C[C@@H]4C(=O)NS(=O)(=O)C4CC4)Nc4ccccc4)C3)cc(-c3nc(C(C)C)cs3)nc2c1C. The lowest BCUT2D eigenvalue weighted by Crippen LogP contribution is -2.49. The van der Waals surface area contributed by atoms with E-state index in [2.05, 4.69) is 30.0 Å². The minimum Gasteiger partial charge on any atom is -0.496 e. The summed E-state index contributed by atoms with van der Waals surface area (Å²) in [6, 6.07) is 13.8. The first-order chi connectivity index (χ1) is 28.3. The quantitative estimate of drug-likeness (QED) is 0.0666. The van der Waals surface area contributed by atoms with Crippen molar-refractivity contribution in [2.75, 3.05) is 19.0 Å². The summed E-state index contributed by atoms with van der Waals surface area (Å²) < 4.78 is 38.8. The van der Waals surface area contributed by atoms with Gasteiger partial charge in [-0.2, -0.15) is 0 Å². The van der Waals surface area contributed by atoms with Crippen LogP contribution in [0.1, 0.15) is 88.8 Å². The molecular weight excluding hydrogens is 789 g/mol. The van der Waals surface area contributed by atoms with Crippen molar-refractivity contribution in [1.82, 2.24) is 19.6 Å². The maximum Gasteiger partial charge on any atom is 0.245 e. The van der Waals surface area contributed by atoms with Crippen LogP contribution in [0.25, 0.3) is 21.6 Å². The predicted octanol–water partition coefficient (Wildman–Crippen LogP) is 6.86. The largest absolute Gasteiger partial charge is 0.496 e. The number of rotatable bonds is 19. The fourth-order valence-corrected chi connectivity index (χ4v) is 10.0. The number of amides is 3. The Morgan fingerprint density at radius 1 is 1.03 bits per heavy atom. The zero-order valence-electron chi connectivity index (χ0n) is 34.1. The summed E-state index contributed by atoms with van der Waals surface area (Å²) in [5.74, 6) is 0.129. The van der Waals surface area contributed by atoms with Crippen LogP contribution in [0.2, 0.25) is 0 Å². The molecule has 4 aromatic rings. The third-order valence-corrected chi connectivity index (χ3v) is 14.1. The predicted molar refractivity (Wildman–Crippen MR) is 230 cm³/mol. The van der Waals surface area contributed by atoms with Gasteiger partial charge >= 0.3 is 0 Å². The van der Waals surface area contributed by atoms with Crippen LogP contribution < -0.4 is 25.2 Å². The number of hydrogen-bond acceptors (Lipinski definition) is 11. The van der Waals surface area contributed by atoms with E-state index in [1.54, 1.807) is 12.0 Å². The van der Waals surface area contributed by atoms with Gasteiger partial charge in [-0.3, -0.25) is 19.1 Å². The topological polar surface area (TPSA) is 183 Å². The summed E-state index contributed by atoms with van der Waals surface area (Å²) in [4.78, 5) is 51.2. The van der Waals surface area contributed by atoms with Crippen molar-refractivity contribution in [1.29, 1.82) is 0 Å². The number of nitrogens with one attached hydrogen (secondary N) is 2. The molecule has 0 bridgehead atoms. The van der Waals surface area contributed by atoms with Crippen LogP contribution in [0.4, 0.5) is 5.69 Å². The summed E-state index contributed by atoms with van der Waals surface area (Å²) in [5, 5.41) is 6.60. The van der Waals surface area contributed by atoms with Gasteiger partial charge in [0.1, 0.15) is 40.4 Å². The lowest BCUT2D eigenvalue weighted by atomic mass is 10.0. The lowest BCUT2D eigenvalue weighted by molar-refractivity contribution is -0.138. The Kier molecular flexibility index (Phi) is 12.9. The van der Waals surface area contributed by atoms with E-state index >= 15 is 0 Å². The number of fused-ring (bicyclic) bond motifs is 1. The molecule has 4 N–H and O–H groups in total. The Hall–Kier alpha value is -5.02. The van der Waals surface area contributed by atoms with Gasteiger partial charge in [0.2, 0.25) is 27.7 Å². The average molecular weight is 843 g/mol. The van der Waals surface area contributed by atoms with Crippen molar-refractivity contribution in [2.45, 2.75) is 108 Å². The van der Waals surface area contributed by atoms with Crippen LogP contribution in [0, 0.1) is 18.8 Å². The number of carbonyl (C=O) groups excluding carboxylic acids is 3. The summed E-state index contributed by atoms with van der Waals surface area (Å²) in [6.45, 7) is 6.34. The Morgan fingerprint density at radius 2 is 1.81 bits per heavy atom. The Morgan fingerprint density at radius 3 is 2.51 bits per heavy atom. The number of likely N-dealkylation sites (tertiary alicyclic amines) is 1. The third kappa shape index (κ3) is 10.1. The number of aromatic nitrogens is 2. The number of nitrogens with two attached hydrogens (primary N) is 1. The van der Waals surface area contributed by atoms with E-state index in [4.69, 9.17) is 25.2 Å². The molecular formula is C44H54N6O7S2. The van der Waals surface area contributed by atoms with Crippen LogP contribution in [-0.4, -0.2) is 78.1 Å². The molecule has 3 amide bonds. The fourth-order valence-electron chi connectivity index (χ4n) is 7.71. The Bertz CT molecular complexity index is 2310. The highest BCUT2D eigenvalue weighted by Crippen LogP contribution is 2.41. The molecule has 2 saturated carbocycles. The number of para-hydroxylation sites is 1. The van der Waals surface area contributed by atoms with E-state index in [1.807, 2.05) is 66.9 Å². The van der Waals surface area contributed by atoms with E-state index in [9.17, 15) is 22.8 Å². The maximum atomic E-state index is 14.4. The average Bonchev–Trinajstić information content (AvgIpc) is 4.12. The fraction of sp³-hybridized carbons (Fsp3) is 0.477. The van der Waals surface area contributed by atoms with E-state index < -0.39 is 45.3 Å². The minimum absolute atomic E-state index is 0.0656. The van der Waals surface area contributed by atoms with Gasteiger partial charge in [-0.15, -0.1) is 11.3 Å². The number of primary amides is 1. The highest BCUT2D eigenvalue weighted by Gasteiger charge is 2.45. The van der Waals surface area contributed by atoms with Crippen molar-refractivity contribution in [3.63, 3.8) is 0 Å². The highest BCUT2D eigenvalue weighted by atomic mass is 32.2. The molecule has 5 atom stereocenters. The summed E-state index contributed by atoms with van der Waals surface area (Å²) in [5.41, 5.74) is 10.0. The second-order valence-corrected chi connectivity index (χ2v) is 19.1. The van der Waals surface area contributed by atoms with Crippen molar-refractivity contribution >= 4 is 55.7 Å². The summed E-state index contributed by atoms with van der Waals surface area (Å²) >= 11 is 1.52. The van der Waals surface area contributed by atoms with Gasteiger partial charge < -0.3 is 25.4 Å². The molecule has 3 aliphatic rings. The molecule has 2 aromatic carbocycles. The van der Waals surface area contributed by atoms with Gasteiger partial charge in [0, 0.05) is 40.4 Å². The van der Waals surface area contributed by atoms with Gasteiger partial charge in [0.25, 0.3) is 0 Å². The van der Waals surface area contributed by atoms with Crippen molar-refractivity contribution in [2.24, 2.45) is 17.6 Å². The number of methoxy groups -OCH3 is 1. The first kappa shape index (κ1) is 42.1. The van der Waals surface area contributed by atoms with Gasteiger partial charge in [-0.25, -0.2) is 18.4 Å². The van der Waals surface area contributed by atoms with Gasteiger partial charge in [-0.1, -0.05) is 57.0 Å². The van der Waals surface area contributed by atoms with Crippen LogP contribution >= 0.6 is 11.3 Å². The molecule has 0 spiro atoms. The molecule has 2 aromatic heterocycles. The number of aryl methyl sites for hydroxylation is 1. The monoisotopic (exact) mass is 842 g/mol.